The van der Waals surface area contributed by atoms with Gasteiger partial charge in [0.05, 0.1) is 6.10 Å². The van der Waals surface area contributed by atoms with Crippen molar-refractivity contribution in [1.82, 2.24) is 0 Å². The Morgan fingerprint density at radius 3 is 2.04 bits per heavy atom. The van der Waals surface area contributed by atoms with Crippen molar-refractivity contribution in [3.63, 3.8) is 0 Å². The fourth-order valence-corrected chi connectivity index (χ4v) is 2.91. The monoisotopic (exact) mass is 360 g/mol. The van der Waals surface area contributed by atoms with Crippen LogP contribution in [-0.2, 0) is 4.74 Å². The molecule has 1 aliphatic rings. The highest BCUT2D eigenvalue weighted by atomic mass is 32.2. The minimum atomic E-state index is 0. The molecular weight excluding hydrogens is 335 g/mol. The summed E-state index contributed by atoms with van der Waals surface area (Å²) in [7, 11) is 0. The maximum Gasteiger partial charge on any atom is 0.0575 e. The third kappa shape index (κ3) is 11.0. The largest absolute Gasteiger partial charge is 0.379 e. The van der Waals surface area contributed by atoms with Crippen LogP contribution in [0.3, 0.4) is 0 Å². The molecule has 136 valence electrons. The fourth-order valence-electron chi connectivity index (χ4n) is 2.27. The molecule has 0 amide bonds. The van der Waals surface area contributed by atoms with Crippen LogP contribution in [0.25, 0.3) is 0 Å². The van der Waals surface area contributed by atoms with E-state index < -0.39 is 0 Å². The number of ether oxygens (including phenoxy) is 1. The van der Waals surface area contributed by atoms with E-state index in [-0.39, 0.29) is 23.5 Å². The van der Waals surface area contributed by atoms with Gasteiger partial charge in [0.25, 0.3) is 0 Å². The molecule has 0 aromatic heterocycles. The zero-order valence-electron chi connectivity index (χ0n) is 12.9. The Morgan fingerprint density at radius 2 is 1.52 bits per heavy atom. The number of halogens is 5. The summed E-state index contributed by atoms with van der Waals surface area (Å²) in [5.74, 6) is 3.96. The van der Waals surface area contributed by atoms with Gasteiger partial charge in [0.2, 0.25) is 0 Å². The highest BCUT2D eigenvalue weighted by Crippen LogP contribution is 2.26. The van der Waals surface area contributed by atoms with Crippen LogP contribution in [-0.4, -0.2) is 12.7 Å². The van der Waals surface area contributed by atoms with Gasteiger partial charge in [-0.3, -0.25) is 23.5 Å². The van der Waals surface area contributed by atoms with Crippen molar-refractivity contribution in [2.24, 2.45) is 5.92 Å². The molecule has 2 rings (SSSR count). The SMILES string of the molecule is CCOC1CCC(C#CSc2ccccc2)CC1.F.F.F.F.F. The molecular formula is C16H25F5OS. The summed E-state index contributed by atoms with van der Waals surface area (Å²) < 4.78 is 5.65. The summed E-state index contributed by atoms with van der Waals surface area (Å²) in [6.45, 7) is 2.91. The maximum absolute atomic E-state index is 5.65. The molecule has 0 saturated heterocycles. The molecule has 0 radical (unpaired) electrons. The van der Waals surface area contributed by atoms with Crippen LogP contribution in [0, 0.1) is 17.1 Å². The molecule has 1 nitrogen and oxygen atoms in total. The summed E-state index contributed by atoms with van der Waals surface area (Å²) in [5, 5.41) is 3.24. The second-order valence-corrected chi connectivity index (χ2v) is 5.47. The molecule has 1 aromatic rings. The zero-order chi connectivity index (χ0) is 12.6. The lowest BCUT2D eigenvalue weighted by molar-refractivity contribution is 0.0310. The Bertz CT molecular complexity index is 413. The Kier molecular flexibility index (Phi) is 22.1. The normalized spacial score (nSPS) is 18.1. The molecule has 0 N–H and O–H groups in total. The number of hydrogen-bond donors (Lipinski definition) is 0. The fraction of sp³-hybridized carbons (Fsp3) is 0.500. The van der Waals surface area contributed by atoms with Crippen molar-refractivity contribution in [2.45, 2.75) is 43.6 Å². The summed E-state index contributed by atoms with van der Waals surface area (Å²) >= 11 is 1.63. The average Bonchev–Trinajstić information content (AvgIpc) is 2.42. The quantitative estimate of drug-likeness (QED) is 0.421. The van der Waals surface area contributed by atoms with E-state index in [1.165, 1.54) is 30.6 Å². The van der Waals surface area contributed by atoms with Crippen LogP contribution in [0.2, 0.25) is 0 Å². The highest BCUT2D eigenvalue weighted by Gasteiger charge is 2.19. The summed E-state index contributed by atoms with van der Waals surface area (Å²) in [5.41, 5.74) is 0. The van der Waals surface area contributed by atoms with Gasteiger partial charge in [-0.1, -0.05) is 24.1 Å². The van der Waals surface area contributed by atoms with Crippen LogP contribution >= 0.6 is 11.8 Å². The Hall–Kier alpha value is -1.26. The standard InChI is InChI=1S/C16H20OS.5FH/c1-2-17-15-10-8-14(9-11-15)12-13-18-16-6-4-3-5-7-16;;;;;/h3-7,14-15H,2,8-11H2,1H3;5*1H. The molecule has 0 spiro atoms. The summed E-state index contributed by atoms with van der Waals surface area (Å²) in [4.78, 5) is 1.23. The number of hydrogen-bond acceptors (Lipinski definition) is 2. The molecule has 7 heteroatoms. The molecule has 1 aliphatic carbocycles. The average molecular weight is 360 g/mol. The van der Waals surface area contributed by atoms with E-state index in [2.05, 4.69) is 42.4 Å². The van der Waals surface area contributed by atoms with Crippen LogP contribution in [0.1, 0.15) is 32.6 Å². The van der Waals surface area contributed by atoms with Gasteiger partial charge in [0.1, 0.15) is 0 Å². The number of thioether (sulfide) groups is 1. The van der Waals surface area contributed by atoms with Gasteiger partial charge in [-0.25, -0.2) is 0 Å². The van der Waals surface area contributed by atoms with Crippen molar-refractivity contribution in [3.8, 4) is 11.2 Å². The van der Waals surface area contributed by atoms with Crippen molar-refractivity contribution in [3.05, 3.63) is 30.3 Å². The van der Waals surface area contributed by atoms with Crippen LogP contribution in [0.15, 0.2) is 35.2 Å². The lowest BCUT2D eigenvalue weighted by Gasteiger charge is -2.25. The third-order valence-electron chi connectivity index (χ3n) is 3.25. The van der Waals surface area contributed by atoms with Crippen molar-refractivity contribution >= 4 is 11.8 Å². The second-order valence-electron chi connectivity index (χ2n) is 4.59. The second kappa shape index (κ2) is 17.1. The summed E-state index contributed by atoms with van der Waals surface area (Å²) in [6.07, 6.45) is 5.20. The first kappa shape index (κ1) is 29.7. The van der Waals surface area contributed by atoms with E-state index in [9.17, 15) is 0 Å². The van der Waals surface area contributed by atoms with Crippen molar-refractivity contribution in [1.29, 1.82) is 0 Å². The minimum Gasteiger partial charge on any atom is -0.379 e. The van der Waals surface area contributed by atoms with Crippen LogP contribution < -0.4 is 0 Å². The van der Waals surface area contributed by atoms with Crippen molar-refractivity contribution < 1.29 is 28.3 Å². The number of rotatable bonds is 3. The van der Waals surface area contributed by atoms with Crippen molar-refractivity contribution in [2.75, 3.05) is 6.61 Å². The molecule has 1 fully saturated rings. The Balaban J connectivity index is -0.000000361. The van der Waals surface area contributed by atoms with E-state index in [1.807, 2.05) is 6.07 Å². The number of benzene rings is 1. The van der Waals surface area contributed by atoms with E-state index in [1.54, 1.807) is 11.8 Å². The lowest BCUT2D eigenvalue weighted by Crippen LogP contribution is -2.20. The van der Waals surface area contributed by atoms with Crippen LogP contribution in [0.4, 0.5) is 23.5 Å². The zero-order valence-corrected chi connectivity index (χ0v) is 13.8. The van der Waals surface area contributed by atoms with Crippen LogP contribution in [0.5, 0.6) is 0 Å². The van der Waals surface area contributed by atoms with E-state index in [4.69, 9.17) is 4.74 Å². The van der Waals surface area contributed by atoms with Gasteiger partial charge in [-0.15, -0.1) is 0 Å². The Morgan fingerprint density at radius 1 is 0.957 bits per heavy atom. The van der Waals surface area contributed by atoms with Gasteiger partial charge in [0.15, 0.2) is 0 Å². The molecule has 1 aromatic carbocycles. The van der Waals surface area contributed by atoms with E-state index in [0.717, 1.165) is 6.61 Å². The lowest BCUT2D eigenvalue weighted by atomic mass is 9.88. The first-order chi connectivity index (χ1) is 8.88. The molecule has 0 unspecified atom stereocenters. The first-order valence-corrected chi connectivity index (χ1v) is 7.54. The molecule has 23 heavy (non-hydrogen) atoms. The van der Waals surface area contributed by atoms with Gasteiger partial charge in [0, 0.05) is 17.4 Å². The van der Waals surface area contributed by atoms with Gasteiger partial charge < -0.3 is 4.74 Å². The predicted octanol–water partition coefficient (Wildman–Crippen LogP) is 5.10. The van der Waals surface area contributed by atoms with Gasteiger partial charge >= 0.3 is 0 Å². The third-order valence-corrected chi connectivity index (χ3v) is 3.98. The summed E-state index contributed by atoms with van der Waals surface area (Å²) in [6, 6.07) is 10.3. The van der Waals surface area contributed by atoms with E-state index in [0.29, 0.717) is 12.0 Å². The maximum atomic E-state index is 5.65. The molecule has 1 saturated carbocycles. The smallest absolute Gasteiger partial charge is 0.0575 e. The predicted molar refractivity (Wildman–Crippen MR) is 90.0 cm³/mol. The Labute approximate surface area is 138 Å². The molecule has 0 bridgehead atoms. The minimum absolute atomic E-state index is 0. The molecule has 0 atom stereocenters. The topological polar surface area (TPSA) is 9.23 Å². The highest BCUT2D eigenvalue weighted by molar-refractivity contribution is 8.03. The molecule has 0 aliphatic heterocycles. The van der Waals surface area contributed by atoms with E-state index >= 15 is 0 Å². The van der Waals surface area contributed by atoms with Gasteiger partial charge in [-0.05, 0) is 61.8 Å². The van der Waals surface area contributed by atoms with Gasteiger partial charge in [-0.2, -0.15) is 0 Å². The first-order valence-electron chi connectivity index (χ1n) is 6.72. The molecule has 0 heterocycles.